The highest BCUT2D eigenvalue weighted by molar-refractivity contribution is 6.13. The maximum absolute atomic E-state index is 4.01. The first-order chi connectivity index (χ1) is 51.8. The number of hydrogen-bond acceptors (Lipinski definition) is 2. The van der Waals surface area contributed by atoms with Gasteiger partial charge in [-0.05, 0) is 245 Å². The van der Waals surface area contributed by atoms with E-state index in [4.69, 9.17) is 0 Å². The maximum atomic E-state index is 4.01. The van der Waals surface area contributed by atoms with Gasteiger partial charge < -0.3 is 14.4 Å². The minimum Gasteiger partial charge on any atom is -0.311 e. The molecule has 3 heteroatoms. The zero-order valence-corrected chi connectivity index (χ0v) is 65.6. The van der Waals surface area contributed by atoms with Crippen LogP contribution >= 0.6 is 0 Å². The Morgan fingerprint density at radius 3 is 1.31 bits per heavy atom. The highest BCUT2D eigenvalue weighted by Crippen LogP contribution is 2.57. The van der Waals surface area contributed by atoms with Crippen molar-refractivity contribution in [3.8, 4) is 50.2 Å². The number of fused-ring (bicyclic) bond motifs is 6. The van der Waals surface area contributed by atoms with Gasteiger partial charge in [0.1, 0.15) is 0 Å². The molecule has 12 aromatic rings. The predicted octanol–water partition coefficient (Wildman–Crippen LogP) is 31.3. The minimum atomic E-state index is -0.0292. The largest absolute Gasteiger partial charge is 0.311 e. The van der Waals surface area contributed by atoms with Crippen molar-refractivity contribution in [1.82, 2.24) is 4.57 Å². The van der Waals surface area contributed by atoms with Gasteiger partial charge in [0.15, 0.2) is 0 Å². The van der Waals surface area contributed by atoms with Crippen molar-refractivity contribution in [2.24, 2.45) is 0 Å². The number of benzene rings is 11. The van der Waals surface area contributed by atoms with E-state index in [1.807, 2.05) is 6.08 Å². The summed E-state index contributed by atoms with van der Waals surface area (Å²) in [4.78, 5) is 4.78. The number of unbranched alkanes of at least 4 members (excludes halogenated alkanes) is 16. The van der Waals surface area contributed by atoms with Gasteiger partial charge >= 0.3 is 0 Å². The van der Waals surface area contributed by atoms with Gasteiger partial charge in [-0.25, -0.2) is 0 Å². The first kappa shape index (κ1) is 74.8. The van der Waals surface area contributed by atoms with E-state index in [9.17, 15) is 0 Å². The number of rotatable bonds is 35. The fourth-order valence-corrected chi connectivity index (χ4v) is 17.2. The molecule has 0 spiro atoms. The standard InChI is InChI=1S/C103H117N3/c1-11-16-20-24-26-33-67-103(68-34-27-25-21-17-12-2)97-69-76(7)41-65-92(97)94-74-101-96(73-98(94)103)95-70-82(78-35-31-28-32-36-78)50-66-99(95)106(101)100-72-83(37-29-22-18-13-3)93(71-84(100)38-30-23-19-14-4)81-48-61-90(62-49-81)105(91-63-51-85(52-64-91)102(8,9)10)89-59-46-80(47-60-89)79-44-57-88(58-45-79)104(86-53-39-75(6)40-54-86)87-55-42-77(15-5)43-56-87/h15,28,31-32,35-36,39-66,69-74H,5,11-14,16-27,29-30,33-34,37-38,67-68H2,1-4,6-10H3. The van der Waals surface area contributed by atoms with Crippen molar-refractivity contribution in [3.05, 3.63) is 288 Å². The van der Waals surface area contributed by atoms with Crippen molar-refractivity contribution < 1.29 is 0 Å². The lowest BCUT2D eigenvalue weighted by Gasteiger charge is -2.33. The van der Waals surface area contributed by atoms with Gasteiger partial charge in [0.25, 0.3) is 0 Å². The fraction of sp³-hybridized carbons (Fsp3) is 0.340. The summed E-state index contributed by atoms with van der Waals surface area (Å²) in [5.74, 6) is 0. The molecule has 1 aliphatic carbocycles. The van der Waals surface area contributed by atoms with Crippen molar-refractivity contribution in [1.29, 1.82) is 0 Å². The van der Waals surface area contributed by atoms with Crippen LogP contribution in [0.25, 0.3) is 78.1 Å². The first-order valence-corrected chi connectivity index (χ1v) is 41.1. The van der Waals surface area contributed by atoms with Crippen LogP contribution in [0.2, 0.25) is 0 Å². The van der Waals surface area contributed by atoms with E-state index < -0.39 is 0 Å². The first-order valence-electron chi connectivity index (χ1n) is 41.1. The minimum absolute atomic E-state index is 0.0273. The maximum Gasteiger partial charge on any atom is 0.0547 e. The van der Waals surface area contributed by atoms with Crippen LogP contribution in [0.4, 0.5) is 34.1 Å². The van der Waals surface area contributed by atoms with E-state index in [-0.39, 0.29) is 10.8 Å². The second-order valence-corrected chi connectivity index (χ2v) is 32.0. The van der Waals surface area contributed by atoms with Crippen LogP contribution in [-0.2, 0) is 23.7 Å². The third-order valence-electron chi connectivity index (χ3n) is 23.3. The Balaban J connectivity index is 0.922. The Labute approximate surface area is 637 Å². The molecule has 13 rings (SSSR count). The summed E-state index contributed by atoms with van der Waals surface area (Å²) in [6.07, 6.45) is 31.7. The molecule has 0 saturated carbocycles. The summed E-state index contributed by atoms with van der Waals surface area (Å²) in [6, 6.07) is 91.5. The smallest absolute Gasteiger partial charge is 0.0547 e. The van der Waals surface area contributed by atoms with Gasteiger partial charge in [-0.1, -0.05) is 315 Å². The van der Waals surface area contributed by atoms with E-state index in [1.54, 1.807) is 11.1 Å². The van der Waals surface area contributed by atoms with E-state index in [2.05, 4.69) is 320 Å². The molecule has 0 bridgehead atoms. The Kier molecular flexibility index (Phi) is 24.6. The van der Waals surface area contributed by atoms with Gasteiger partial charge in [0, 0.05) is 56.0 Å². The molecule has 0 unspecified atom stereocenters. The number of hydrogen-bond donors (Lipinski definition) is 0. The zero-order chi connectivity index (χ0) is 73.6. The molecule has 11 aromatic carbocycles. The third-order valence-corrected chi connectivity index (χ3v) is 23.3. The van der Waals surface area contributed by atoms with Crippen molar-refractivity contribution >= 4 is 62.0 Å². The summed E-state index contributed by atoms with van der Waals surface area (Å²) in [6.45, 7) is 24.8. The van der Waals surface area contributed by atoms with Crippen LogP contribution in [-0.4, -0.2) is 4.57 Å². The number of nitrogens with zero attached hydrogens (tertiary/aromatic N) is 3. The summed E-state index contributed by atoms with van der Waals surface area (Å²) >= 11 is 0. The summed E-state index contributed by atoms with van der Waals surface area (Å²) in [5, 5.41) is 2.75. The molecule has 3 nitrogen and oxygen atoms in total. The zero-order valence-electron chi connectivity index (χ0n) is 65.6. The lowest BCUT2D eigenvalue weighted by atomic mass is 9.70. The topological polar surface area (TPSA) is 11.4 Å². The van der Waals surface area contributed by atoms with Gasteiger partial charge in [-0.15, -0.1) is 0 Å². The second-order valence-electron chi connectivity index (χ2n) is 32.0. The van der Waals surface area contributed by atoms with E-state index >= 15 is 0 Å². The number of aryl methyl sites for hydroxylation is 4. The molecular weight excluding hydrogens is 1280 g/mol. The van der Waals surface area contributed by atoms with E-state index in [0.717, 1.165) is 65.4 Å². The summed E-state index contributed by atoms with van der Waals surface area (Å²) in [5.41, 5.74) is 32.3. The summed E-state index contributed by atoms with van der Waals surface area (Å²) in [7, 11) is 0. The molecule has 0 aliphatic heterocycles. The molecule has 106 heavy (non-hydrogen) atoms. The fourth-order valence-electron chi connectivity index (χ4n) is 17.2. The monoisotopic (exact) mass is 1400 g/mol. The van der Waals surface area contributed by atoms with Crippen LogP contribution in [0, 0.1) is 13.8 Å². The Bertz CT molecular complexity index is 4830. The molecule has 0 amide bonds. The SMILES string of the molecule is C=Cc1ccc(N(c2ccc(C)cc2)c2ccc(-c3ccc(N(c4ccc(-c5cc(CCCCCC)c(-n6c7ccc(-c8ccccc8)cc7c7cc8c(cc76)-c6ccc(C)cc6C8(CCCCCCCC)CCCCCCCC)cc5CCCCCC)cc4)c4ccc(C(C)(C)C)cc4)cc3)cc2)cc1. The van der Waals surface area contributed by atoms with E-state index in [0.29, 0.717) is 0 Å². The molecule has 0 saturated heterocycles. The molecule has 0 fully saturated rings. The molecule has 0 radical (unpaired) electrons. The lowest BCUT2D eigenvalue weighted by molar-refractivity contribution is 0.398. The normalized spacial score (nSPS) is 12.5. The molecule has 0 N–H and O–H groups in total. The quantitative estimate of drug-likeness (QED) is 0.0367. The molecule has 1 heterocycles. The van der Waals surface area contributed by atoms with Gasteiger partial charge in [-0.3, -0.25) is 0 Å². The van der Waals surface area contributed by atoms with Crippen LogP contribution in [0.3, 0.4) is 0 Å². The van der Waals surface area contributed by atoms with Crippen LogP contribution in [0.5, 0.6) is 0 Å². The van der Waals surface area contributed by atoms with Crippen molar-refractivity contribution in [2.45, 2.75) is 227 Å². The molecule has 1 aliphatic rings. The molecule has 1 aromatic heterocycles. The predicted molar refractivity (Wildman–Crippen MR) is 463 cm³/mol. The Morgan fingerprint density at radius 1 is 0.349 bits per heavy atom. The summed E-state index contributed by atoms with van der Waals surface area (Å²) < 4.78 is 2.75. The van der Waals surface area contributed by atoms with Crippen LogP contribution in [0.15, 0.2) is 243 Å². The van der Waals surface area contributed by atoms with Crippen molar-refractivity contribution in [2.75, 3.05) is 9.80 Å². The highest BCUT2D eigenvalue weighted by Gasteiger charge is 2.43. The average molecular weight is 1400 g/mol. The molecule has 544 valence electrons. The second kappa shape index (κ2) is 34.9. The molecular formula is C103H117N3. The van der Waals surface area contributed by atoms with Crippen LogP contribution < -0.4 is 9.80 Å². The van der Waals surface area contributed by atoms with Gasteiger partial charge in [0.05, 0.1) is 11.0 Å². The van der Waals surface area contributed by atoms with Gasteiger partial charge in [-0.2, -0.15) is 0 Å². The van der Waals surface area contributed by atoms with Gasteiger partial charge in [0.2, 0.25) is 0 Å². The number of aromatic nitrogens is 1. The number of anilines is 6. The van der Waals surface area contributed by atoms with Crippen LogP contribution in [0.1, 0.15) is 234 Å². The Morgan fingerprint density at radius 2 is 0.783 bits per heavy atom. The average Bonchev–Trinajstić information content (AvgIpc) is 1.54. The molecule has 0 atom stereocenters. The highest BCUT2D eigenvalue weighted by atomic mass is 15.1. The Hall–Kier alpha value is -9.44. The lowest BCUT2D eigenvalue weighted by Crippen LogP contribution is -2.25. The van der Waals surface area contributed by atoms with Crippen molar-refractivity contribution in [3.63, 3.8) is 0 Å². The third kappa shape index (κ3) is 16.7. The van der Waals surface area contributed by atoms with E-state index in [1.165, 1.54) is 228 Å².